The number of fused-ring (bicyclic) bond motifs is 1. The van der Waals surface area contributed by atoms with Gasteiger partial charge >= 0.3 is 6.09 Å². The van der Waals surface area contributed by atoms with Gasteiger partial charge < -0.3 is 25.0 Å². The summed E-state index contributed by atoms with van der Waals surface area (Å²) in [5.41, 5.74) is 6.65. The quantitative estimate of drug-likeness (QED) is 0.324. The van der Waals surface area contributed by atoms with Crippen molar-refractivity contribution in [1.82, 2.24) is 9.97 Å². The van der Waals surface area contributed by atoms with Crippen molar-refractivity contribution in [3.8, 4) is 0 Å². The van der Waals surface area contributed by atoms with Crippen molar-refractivity contribution >= 4 is 46.6 Å². The van der Waals surface area contributed by atoms with Crippen molar-refractivity contribution in [3.63, 3.8) is 0 Å². The Balaban J connectivity index is 1.53. The highest BCUT2D eigenvalue weighted by molar-refractivity contribution is 7.98. The van der Waals surface area contributed by atoms with E-state index in [9.17, 15) is 9.59 Å². The maximum atomic E-state index is 13.5. The maximum Gasteiger partial charge on any atom is 0.404 e. The number of benzene rings is 1. The zero-order valence-corrected chi connectivity index (χ0v) is 22.1. The number of nitrogens with two attached hydrogens (primary N) is 1. The van der Waals surface area contributed by atoms with Crippen LogP contribution in [0.25, 0.3) is 0 Å². The van der Waals surface area contributed by atoms with E-state index >= 15 is 0 Å². The second-order valence-electron chi connectivity index (χ2n) is 8.56. The number of primary amides is 1. The van der Waals surface area contributed by atoms with Gasteiger partial charge in [-0.3, -0.25) is 4.79 Å². The Bertz CT molecular complexity index is 1220. The lowest BCUT2D eigenvalue weighted by Gasteiger charge is -2.29. The van der Waals surface area contributed by atoms with E-state index in [4.69, 9.17) is 15.2 Å². The van der Waals surface area contributed by atoms with E-state index < -0.39 is 11.7 Å². The molecule has 11 heteroatoms. The average Bonchev–Trinajstić information content (AvgIpc) is 3.39. The van der Waals surface area contributed by atoms with Gasteiger partial charge in [-0.2, -0.15) is 0 Å². The molecule has 3 aromatic rings. The van der Waals surface area contributed by atoms with Gasteiger partial charge in [-0.25, -0.2) is 14.8 Å². The minimum absolute atomic E-state index is 0.132. The Morgan fingerprint density at radius 2 is 2.11 bits per heavy atom. The number of likely N-dealkylation sites (N-methyl/N-ethyl adjacent to an activating group) is 1. The maximum absolute atomic E-state index is 13.5. The normalized spacial score (nSPS) is 15.2. The van der Waals surface area contributed by atoms with Crippen molar-refractivity contribution in [2.24, 2.45) is 5.73 Å². The van der Waals surface area contributed by atoms with Crippen LogP contribution >= 0.6 is 23.1 Å². The van der Waals surface area contributed by atoms with E-state index in [0.29, 0.717) is 42.7 Å². The van der Waals surface area contributed by atoms with Crippen LogP contribution < -0.4 is 15.5 Å². The molecular weight excluding hydrogens is 498 g/mol. The van der Waals surface area contributed by atoms with Gasteiger partial charge in [0.1, 0.15) is 17.0 Å². The molecule has 190 valence electrons. The third kappa shape index (κ3) is 5.80. The van der Waals surface area contributed by atoms with Gasteiger partial charge in [0, 0.05) is 43.3 Å². The van der Waals surface area contributed by atoms with E-state index in [1.165, 1.54) is 11.8 Å². The standard InChI is InChI=1S/C25H29N5O4S2/c1-25(9-12-33-23(26)32,20-8-5-13-36-20)34-16-17-6-4-7-18(14-17)30-11-10-29(2)21-19(22(30)31)15-27-24(28-21)35-3/h4-8,13-15H,9-12,16H2,1-3H3,(H2,26,32)/t25-/m1/s1. The molecule has 1 aliphatic rings. The summed E-state index contributed by atoms with van der Waals surface area (Å²) in [5.74, 6) is 0.512. The fraction of sp³-hybridized carbons (Fsp3) is 0.360. The number of aromatic nitrogens is 2. The summed E-state index contributed by atoms with van der Waals surface area (Å²) in [5, 5.41) is 2.62. The third-order valence-electron chi connectivity index (χ3n) is 6.07. The van der Waals surface area contributed by atoms with Crippen molar-refractivity contribution < 1.29 is 19.1 Å². The van der Waals surface area contributed by atoms with E-state index in [-0.39, 0.29) is 12.5 Å². The van der Waals surface area contributed by atoms with Crippen LogP contribution in [0.3, 0.4) is 0 Å². The lowest BCUT2D eigenvalue weighted by atomic mass is 10.0. The molecule has 0 spiro atoms. The predicted molar refractivity (Wildman–Crippen MR) is 142 cm³/mol. The van der Waals surface area contributed by atoms with E-state index in [1.54, 1.807) is 22.4 Å². The number of hydrogen-bond donors (Lipinski definition) is 1. The van der Waals surface area contributed by atoms with Gasteiger partial charge in [0.2, 0.25) is 0 Å². The second kappa shape index (κ2) is 11.3. The predicted octanol–water partition coefficient (Wildman–Crippen LogP) is 4.27. The van der Waals surface area contributed by atoms with E-state index in [1.807, 2.05) is 66.9 Å². The molecule has 36 heavy (non-hydrogen) atoms. The summed E-state index contributed by atoms with van der Waals surface area (Å²) >= 11 is 3.03. The van der Waals surface area contributed by atoms with Crippen LogP contribution in [0.4, 0.5) is 16.3 Å². The Morgan fingerprint density at radius 1 is 1.28 bits per heavy atom. The third-order valence-corrected chi connectivity index (χ3v) is 7.75. The first kappa shape index (κ1) is 25.9. The topological polar surface area (TPSA) is 111 Å². The highest BCUT2D eigenvalue weighted by Gasteiger charge is 2.30. The molecule has 2 amide bonds. The lowest BCUT2D eigenvalue weighted by Crippen LogP contribution is -2.33. The first-order chi connectivity index (χ1) is 17.3. The van der Waals surface area contributed by atoms with Crippen molar-refractivity contribution in [3.05, 3.63) is 64.0 Å². The summed E-state index contributed by atoms with van der Waals surface area (Å²) in [7, 11) is 1.93. The molecular formula is C25H29N5O4S2. The Hall–Kier alpha value is -3.15. The molecule has 0 saturated carbocycles. The zero-order valence-electron chi connectivity index (χ0n) is 20.5. The zero-order chi connectivity index (χ0) is 25.7. The Kier molecular flexibility index (Phi) is 8.12. The van der Waals surface area contributed by atoms with Gasteiger partial charge in [-0.05, 0) is 42.3 Å². The molecule has 0 saturated heterocycles. The van der Waals surface area contributed by atoms with Gasteiger partial charge in [0.15, 0.2) is 5.16 Å². The fourth-order valence-electron chi connectivity index (χ4n) is 4.00. The first-order valence-corrected chi connectivity index (χ1v) is 13.5. The van der Waals surface area contributed by atoms with Crippen LogP contribution in [0.1, 0.15) is 34.1 Å². The number of carbonyl (C=O) groups excluding carboxylic acids is 2. The van der Waals surface area contributed by atoms with E-state index in [0.717, 1.165) is 16.1 Å². The van der Waals surface area contributed by atoms with Crippen LogP contribution in [0.2, 0.25) is 0 Å². The molecule has 0 radical (unpaired) electrons. The Labute approximate surface area is 218 Å². The highest BCUT2D eigenvalue weighted by Crippen LogP contribution is 2.34. The molecule has 1 aliphatic heterocycles. The molecule has 2 N–H and O–H groups in total. The van der Waals surface area contributed by atoms with Gasteiger partial charge in [0.05, 0.1) is 13.2 Å². The van der Waals surface area contributed by atoms with Gasteiger partial charge in [-0.1, -0.05) is 30.0 Å². The number of anilines is 2. The van der Waals surface area contributed by atoms with Crippen LogP contribution in [0.5, 0.6) is 0 Å². The van der Waals surface area contributed by atoms with Crippen molar-refractivity contribution in [2.75, 3.05) is 42.8 Å². The second-order valence-corrected chi connectivity index (χ2v) is 10.3. The van der Waals surface area contributed by atoms with Gasteiger partial charge in [-0.15, -0.1) is 11.3 Å². The number of thiophene rings is 1. The molecule has 3 heterocycles. The molecule has 1 atom stereocenters. The highest BCUT2D eigenvalue weighted by atomic mass is 32.2. The Morgan fingerprint density at radius 3 is 2.83 bits per heavy atom. The number of amides is 2. The molecule has 9 nitrogen and oxygen atoms in total. The average molecular weight is 528 g/mol. The van der Waals surface area contributed by atoms with Crippen molar-refractivity contribution in [2.45, 2.75) is 30.7 Å². The summed E-state index contributed by atoms with van der Waals surface area (Å²) < 4.78 is 11.3. The first-order valence-electron chi connectivity index (χ1n) is 11.4. The summed E-state index contributed by atoms with van der Waals surface area (Å²) in [6.07, 6.45) is 3.18. The van der Waals surface area contributed by atoms with E-state index in [2.05, 4.69) is 9.97 Å². The SMILES string of the molecule is CSc1ncc2c(n1)N(C)CCN(c1cccc(CO[C@](C)(CCOC(N)=O)c3cccs3)c1)C2=O. The van der Waals surface area contributed by atoms with Crippen LogP contribution in [-0.4, -0.2) is 55.0 Å². The molecule has 0 unspecified atom stereocenters. The summed E-state index contributed by atoms with van der Waals surface area (Å²) in [6, 6.07) is 11.7. The fourth-order valence-corrected chi connectivity index (χ4v) is 5.20. The summed E-state index contributed by atoms with van der Waals surface area (Å²) in [6.45, 7) is 3.60. The molecule has 0 aliphatic carbocycles. The lowest BCUT2D eigenvalue weighted by molar-refractivity contribution is -0.0604. The molecule has 0 bridgehead atoms. The number of thioether (sulfide) groups is 1. The van der Waals surface area contributed by atoms with Crippen molar-refractivity contribution in [1.29, 1.82) is 0 Å². The number of rotatable bonds is 9. The minimum atomic E-state index is -0.805. The summed E-state index contributed by atoms with van der Waals surface area (Å²) in [4.78, 5) is 38.2. The number of carbonyl (C=O) groups is 2. The van der Waals surface area contributed by atoms with Crippen LogP contribution in [0, 0.1) is 0 Å². The number of hydrogen-bond acceptors (Lipinski definition) is 9. The molecule has 4 rings (SSSR count). The largest absolute Gasteiger partial charge is 0.450 e. The molecule has 0 fully saturated rings. The minimum Gasteiger partial charge on any atom is -0.450 e. The molecule has 2 aromatic heterocycles. The van der Waals surface area contributed by atoms with Gasteiger partial charge in [0.25, 0.3) is 5.91 Å². The smallest absolute Gasteiger partial charge is 0.404 e. The van der Waals surface area contributed by atoms with Crippen LogP contribution in [-0.2, 0) is 21.7 Å². The van der Waals surface area contributed by atoms with Crippen LogP contribution in [0.15, 0.2) is 53.1 Å². The monoisotopic (exact) mass is 527 g/mol. The number of nitrogens with zero attached hydrogens (tertiary/aromatic N) is 4. The number of ether oxygens (including phenoxy) is 2. The molecule has 1 aromatic carbocycles.